The fourth-order valence-corrected chi connectivity index (χ4v) is 3.84. The largest absolute Gasteiger partial charge is 0.419 e. The first-order chi connectivity index (χ1) is 14.7. The molecule has 0 amide bonds. The molecule has 0 N–H and O–H groups in total. The summed E-state index contributed by atoms with van der Waals surface area (Å²) in [5.74, 6) is 0.871. The van der Waals surface area contributed by atoms with Crippen molar-refractivity contribution >= 4 is 5.69 Å². The molecule has 7 heteroatoms. The molecule has 2 heterocycles. The summed E-state index contributed by atoms with van der Waals surface area (Å²) < 4.78 is 5.86. The zero-order valence-electron chi connectivity index (χ0n) is 16.1. The molecule has 0 spiro atoms. The Labute approximate surface area is 172 Å². The fourth-order valence-electron chi connectivity index (χ4n) is 3.84. The maximum atomic E-state index is 10.8. The predicted octanol–water partition coefficient (Wildman–Crippen LogP) is 4.83. The van der Waals surface area contributed by atoms with Crippen molar-refractivity contribution in [3.8, 4) is 22.6 Å². The lowest BCUT2D eigenvalue weighted by molar-refractivity contribution is -0.384. The van der Waals surface area contributed by atoms with Crippen molar-refractivity contribution in [2.45, 2.75) is 19.6 Å². The number of nitro groups is 1. The van der Waals surface area contributed by atoms with Crippen LogP contribution in [0.15, 0.2) is 77.2 Å². The summed E-state index contributed by atoms with van der Waals surface area (Å²) in [7, 11) is 0. The first-order valence-electron chi connectivity index (χ1n) is 9.63. The highest BCUT2D eigenvalue weighted by atomic mass is 16.6. The van der Waals surface area contributed by atoms with Gasteiger partial charge in [0.1, 0.15) is 0 Å². The van der Waals surface area contributed by atoms with Crippen LogP contribution in [0.25, 0.3) is 22.6 Å². The van der Waals surface area contributed by atoms with Gasteiger partial charge in [0, 0.05) is 30.8 Å². The van der Waals surface area contributed by atoms with E-state index in [9.17, 15) is 10.1 Å². The van der Waals surface area contributed by atoms with E-state index in [1.165, 1.54) is 34.4 Å². The molecule has 0 radical (unpaired) electrons. The third kappa shape index (κ3) is 3.46. The lowest BCUT2D eigenvalue weighted by Crippen LogP contribution is -2.21. The van der Waals surface area contributed by atoms with Crippen molar-refractivity contribution in [3.05, 3.63) is 99.9 Å². The summed E-state index contributed by atoms with van der Waals surface area (Å²) in [6.07, 6.45) is 0. The topological polar surface area (TPSA) is 85.3 Å². The zero-order valence-corrected chi connectivity index (χ0v) is 16.1. The van der Waals surface area contributed by atoms with Crippen molar-refractivity contribution < 1.29 is 9.34 Å². The summed E-state index contributed by atoms with van der Waals surface area (Å²) in [5, 5.41) is 19.1. The van der Waals surface area contributed by atoms with Crippen LogP contribution in [-0.2, 0) is 19.6 Å². The van der Waals surface area contributed by atoms with Crippen molar-refractivity contribution in [3.63, 3.8) is 0 Å². The zero-order chi connectivity index (χ0) is 20.5. The van der Waals surface area contributed by atoms with Gasteiger partial charge in [0.25, 0.3) is 5.69 Å². The van der Waals surface area contributed by atoms with Crippen LogP contribution in [0.3, 0.4) is 0 Å². The molecule has 4 aromatic rings. The monoisotopic (exact) mass is 398 g/mol. The SMILES string of the molecule is O=[N+]([O-])c1ccc(-c2nnc(CN3Cc4ccccc4-c4ccccc4C3)o2)cc1. The number of fused-ring (bicyclic) bond motifs is 3. The molecule has 0 fully saturated rings. The maximum absolute atomic E-state index is 10.8. The molecule has 1 aromatic heterocycles. The Morgan fingerprint density at radius 2 is 1.47 bits per heavy atom. The van der Waals surface area contributed by atoms with Crippen LogP contribution in [-0.4, -0.2) is 20.0 Å². The van der Waals surface area contributed by atoms with Crippen molar-refractivity contribution in [1.82, 2.24) is 15.1 Å². The lowest BCUT2D eigenvalue weighted by atomic mass is 9.97. The van der Waals surface area contributed by atoms with E-state index >= 15 is 0 Å². The molecule has 0 saturated heterocycles. The summed E-state index contributed by atoms with van der Waals surface area (Å²) >= 11 is 0. The van der Waals surface area contributed by atoms with Gasteiger partial charge in [-0.2, -0.15) is 0 Å². The molecule has 0 saturated carbocycles. The molecule has 30 heavy (non-hydrogen) atoms. The summed E-state index contributed by atoms with van der Waals surface area (Å²) in [5.41, 5.74) is 5.72. The highest BCUT2D eigenvalue weighted by Gasteiger charge is 2.21. The van der Waals surface area contributed by atoms with Gasteiger partial charge in [0.05, 0.1) is 11.5 Å². The molecule has 0 bridgehead atoms. The van der Waals surface area contributed by atoms with Gasteiger partial charge >= 0.3 is 0 Å². The van der Waals surface area contributed by atoms with Gasteiger partial charge in [-0.3, -0.25) is 15.0 Å². The van der Waals surface area contributed by atoms with Crippen LogP contribution in [0.4, 0.5) is 5.69 Å². The van der Waals surface area contributed by atoms with Crippen LogP contribution < -0.4 is 0 Å². The molecular formula is C23H18N4O3. The minimum atomic E-state index is -0.432. The molecule has 0 aliphatic carbocycles. The maximum Gasteiger partial charge on any atom is 0.269 e. The molecule has 0 atom stereocenters. The summed E-state index contributed by atoms with van der Waals surface area (Å²) in [6.45, 7) is 2.07. The Morgan fingerprint density at radius 3 is 2.07 bits per heavy atom. The van der Waals surface area contributed by atoms with Crippen LogP contribution in [0.2, 0.25) is 0 Å². The van der Waals surface area contributed by atoms with Gasteiger partial charge in [-0.25, -0.2) is 0 Å². The Kier molecular flexibility index (Phi) is 4.57. The smallest absolute Gasteiger partial charge is 0.269 e. The van der Waals surface area contributed by atoms with E-state index in [1.54, 1.807) is 12.1 Å². The van der Waals surface area contributed by atoms with Crippen molar-refractivity contribution in [2.24, 2.45) is 0 Å². The van der Waals surface area contributed by atoms with E-state index in [0.717, 1.165) is 13.1 Å². The standard InChI is InChI=1S/C23H18N4O3/c28-27(29)19-11-9-16(10-12-19)23-25-24-22(30-23)15-26-13-17-5-1-3-7-20(17)21-8-4-2-6-18(21)14-26/h1-12H,13-15H2. The number of non-ortho nitro benzene ring substituents is 1. The van der Waals surface area contributed by atoms with Crippen molar-refractivity contribution in [2.75, 3.05) is 0 Å². The average molecular weight is 398 g/mol. The van der Waals surface area contributed by atoms with E-state index in [1.807, 2.05) is 0 Å². The molecule has 0 unspecified atom stereocenters. The highest BCUT2D eigenvalue weighted by molar-refractivity contribution is 5.71. The second kappa shape index (κ2) is 7.53. The predicted molar refractivity (Wildman–Crippen MR) is 111 cm³/mol. The average Bonchev–Trinajstić information content (AvgIpc) is 3.16. The number of rotatable bonds is 4. The molecule has 7 nitrogen and oxygen atoms in total. The number of nitro benzene ring substituents is 1. The molecule has 1 aliphatic heterocycles. The number of nitrogens with zero attached hydrogens (tertiary/aromatic N) is 4. The van der Waals surface area contributed by atoms with Crippen LogP contribution in [0, 0.1) is 10.1 Å². The lowest BCUT2D eigenvalue weighted by Gasteiger charge is -2.18. The van der Waals surface area contributed by atoms with E-state index in [2.05, 4.69) is 63.6 Å². The molecule has 148 valence electrons. The second-order valence-electron chi connectivity index (χ2n) is 7.26. The van der Waals surface area contributed by atoms with Gasteiger partial charge in [0.15, 0.2) is 0 Å². The summed E-state index contributed by atoms with van der Waals surface area (Å²) in [6, 6.07) is 23.0. The molecule has 1 aliphatic rings. The third-order valence-electron chi connectivity index (χ3n) is 5.26. The van der Waals surface area contributed by atoms with E-state index < -0.39 is 4.92 Å². The number of hydrogen-bond acceptors (Lipinski definition) is 6. The quantitative estimate of drug-likeness (QED) is 0.362. The first-order valence-corrected chi connectivity index (χ1v) is 9.63. The molecule has 5 rings (SSSR count). The van der Waals surface area contributed by atoms with Crippen LogP contribution >= 0.6 is 0 Å². The van der Waals surface area contributed by atoms with E-state index in [0.29, 0.717) is 23.9 Å². The summed E-state index contributed by atoms with van der Waals surface area (Å²) in [4.78, 5) is 12.7. The minimum absolute atomic E-state index is 0.0281. The minimum Gasteiger partial charge on any atom is -0.419 e. The van der Waals surface area contributed by atoms with E-state index in [-0.39, 0.29) is 5.69 Å². The number of hydrogen-bond donors (Lipinski definition) is 0. The Morgan fingerprint density at radius 1 is 0.867 bits per heavy atom. The van der Waals surface area contributed by atoms with Gasteiger partial charge < -0.3 is 4.42 Å². The van der Waals surface area contributed by atoms with Gasteiger partial charge in [-0.15, -0.1) is 10.2 Å². The first kappa shape index (κ1) is 18.2. The molecule has 3 aromatic carbocycles. The Hall–Kier alpha value is -3.84. The van der Waals surface area contributed by atoms with Gasteiger partial charge in [-0.05, 0) is 34.4 Å². The normalized spacial score (nSPS) is 13.3. The van der Waals surface area contributed by atoms with Gasteiger partial charge in [0.2, 0.25) is 11.8 Å². The fraction of sp³-hybridized carbons (Fsp3) is 0.130. The highest BCUT2D eigenvalue weighted by Crippen LogP contribution is 2.33. The van der Waals surface area contributed by atoms with Crippen LogP contribution in [0.1, 0.15) is 17.0 Å². The third-order valence-corrected chi connectivity index (χ3v) is 5.26. The van der Waals surface area contributed by atoms with Gasteiger partial charge in [-0.1, -0.05) is 48.5 Å². The Bertz CT molecular complexity index is 1170. The second-order valence-corrected chi connectivity index (χ2v) is 7.26. The number of aromatic nitrogens is 2. The molecular weight excluding hydrogens is 380 g/mol. The van der Waals surface area contributed by atoms with Crippen LogP contribution in [0.5, 0.6) is 0 Å². The number of benzene rings is 3. The van der Waals surface area contributed by atoms with Crippen molar-refractivity contribution in [1.29, 1.82) is 0 Å². The Balaban J connectivity index is 1.40. The van der Waals surface area contributed by atoms with E-state index in [4.69, 9.17) is 4.42 Å².